The van der Waals surface area contributed by atoms with Gasteiger partial charge in [0.25, 0.3) is 0 Å². The van der Waals surface area contributed by atoms with Crippen molar-refractivity contribution in [2.75, 3.05) is 45.9 Å². The fourth-order valence-corrected chi connectivity index (χ4v) is 4.43. The number of ether oxygens (including phenoxy) is 1. The number of rotatable bonds is 2. The van der Waals surface area contributed by atoms with Crippen molar-refractivity contribution in [1.29, 1.82) is 0 Å². The van der Waals surface area contributed by atoms with Crippen molar-refractivity contribution in [1.82, 2.24) is 19.9 Å². The van der Waals surface area contributed by atoms with Crippen LogP contribution in [0.4, 0.5) is 4.79 Å². The molecule has 1 aromatic heterocycles. The summed E-state index contributed by atoms with van der Waals surface area (Å²) in [5.74, 6) is 1.47. The molecule has 1 aromatic rings. The summed E-state index contributed by atoms with van der Waals surface area (Å²) in [6.45, 7) is 10.5. The van der Waals surface area contributed by atoms with Crippen LogP contribution in [0.5, 0.6) is 0 Å². The lowest BCUT2D eigenvalue weighted by atomic mass is 9.95. The van der Waals surface area contributed by atoms with E-state index >= 15 is 0 Å². The summed E-state index contributed by atoms with van der Waals surface area (Å²) in [4.78, 5) is 19.6. The number of urea groups is 1. The van der Waals surface area contributed by atoms with E-state index in [4.69, 9.17) is 9.26 Å². The van der Waals surface area contributed by atoms with Crippen LogP contribution in [0.3, 0.4) is 0 Å². The van der Waals surface area contributed by atoms with Crippen molar-refractivity contribution >= 4 is 6.03 Å². The monoisotopic (exact) mass is 348 g/mol. The molecule has 138 valence electrons. The maximum Gasteiger partial charge on any atom is 0.320 e. The molecule has 2 amide bonds. The fourth-order valence-electron chi connectivity index (χ4n) is 4.43. The zero-order valence-corrected chi connectivity index (χ0v) is 15.2. The molecule has 4 saturated heterocycles. The first-order valence-electron chi connectivity index (χ1n) is 9.39. The number of aromatic nitrogens is 1. The lowest BCUT2D eigenvalue weighted by Crippen LogP contribution is -2.54. The lowest BCUT2D eigenvalue weighted by molar-refractivity contribution is 0.0341. The highest BCUT2D eigenvalue weighted by atomic mass is 16.5. The average molecular weight is 348 g/mol. The van der Waals surface area contributed by atoms with Crippen LogP contribution in [-0.2, 0) is 11.3 Å². The van der Waals surface area contributed by atoms with E-state index in [1.165, 1.54) is 12.0 Å². The Morgan fingerprint density at radius 1 is 1.16 bits per heavy atom. The molecule has 0 spiro atoms. The molecule has 4 aliphatic heterocycles. The highest BCUT2D eigenvalue weighted by Gasteiger charge is 2.39. The summed E-state index contributed by atoms with van der Waals surface area (Å²) < 4.78 is 10.7. The first kappa shape index (κ1) is 16.8. The van der Waals surface area contributed by atoms with Crippen LogP contribution >= 0.6 is 0 Å². The lowest BCUT2D eigenvalue weighted by Gasteiger charge is -2.40. The maximum absolute atomic E-state index is 13.0. The molecular formula is C18H28N4O3. The molecule has 5 heterocycles. The van der Waals surface area contributed by atoms with Gasteiger partial charge in [0.1, 0.15) is 5.76 Å². The number of carbonyl (C=O) groups excluding carboxylic acids is 1. The van der Waals surface area contributed by atoms with Crippen molar-refractivity contribution in [3.63, 3.8) is 0 Å². The minimum atomic E-state index is 0.206. The summed E-state index contributed by atoms with van der Waals surface area (Å²) >= 11 is 0. The van der Waals surface area contributed by atoms with E-state index in [0.717, 1.165) is 57.1 Å². The number of hydrogen-bond donors (Lipinski definition) is 0. The van der Waals surface area contributed by atoms with Crippen molar-refractivity contribution in [2.45, 2.75) is 39.3 Å². The molecule has 2 atom stereocenters. The number of piperidine rings is 1. The van der Waals surface area contributed by atoms with Gasteiger partial charge in [0.15, 0.2) is 0 Å². The number of hydrogen-bond acceptors (Lipinski definition) is 5. The molecule has 5 rings (SSSR count). The average Bonchev–Trinajstić information content (AvgIpc) is 2.82. The van der Waals surface area contributed by atoms with Crippen LogP contribution in [0, 0.1) is 19.8 Å². The molecule has 7 nitrogen and oxygen atoms in total. The van der Waals surface area contributed by atoms with E-state index in [0.29, 0.717) is 25.2 Å². The van der Waals surface area contributed by atoms with E-state index in [9.17, 15) is 4.79 Å². The molecule has 25 heavy (non-hydrogen) atoms. The molecule has 4 fully saturated rings. The van der Waals surface area contributed by atoms with Crippen molar-refractivity contribution in [3.8, 4) is 0 Å². The molecule has 0 N–H and O–H groups in total. The van der Waals surface area contributed by atoms with Gasteiger partial charge in [0.2, 0.25) is 0 Å². The van der Waals surface area contributed by atoms with Gasteiger partial charge >= 0.3 is 6.03 Å². The third-order valence-corrected chi connectivity index (χ3v) is 5.88. The molecule has 4 aliphatic rings. The number of fused-ring (bicyclic) bond motifs is 4. The van der Waals surface area contributed by atoms with Crippen LogP contribution < -0.4 is 0 Å². The van der Waals surface area contributed by atoms with E-state index in [1.807, 2.05) is 18.7 Å². The van der Waals surface area contributed by atoms with Gasteiger partial charge in [0.05, 0.1) is 18.9 Å². The standard InChI is InChI=1S/C18H28N4O3/c1-13-17(14(2)25-19-13)12-20-9-15-3-4-16(11-20)22(10-15)18(23)21-5-7-24-8-6-21/h15-16H,3-12H2,1-2H3/t15-,16+/m0/s1. The predicted octanol–water partition coefficient (Wildman–Crippen LogP) is 1.64. The quantitative estimate of drug-likeness (QED) is 0.813. The maximum atomic E-state index is 13.0. The largest absolute Gasteiger partial charge is 0.378 e. The first-order chi connectivity index (χ1) is 12.1. The SMILES string of the molecule is Cc1noc(C)c1CN1C[C@@H]2CC[C@H](C1)N(C(=O)N1CCOCC1)C2. The Bertz CT molecular complexity index is 606. The van der Waals surface area contributed by atoms with Crippen LogP contribution in [0.25, 0.3) is 0 Å². The molecule has 7 heteroatoms. The molecule has 0 aliphatic carbocycles. The molecule has 0 saturated carbocycles. The normalized spacial score (nSPS) is 27.6. The Labute approximate surface area is 148 Å². The Hall–Kier alpha value is -1.60. The molecule has 0 aromatic carbocycles. The third kappa shape index (κ3) is 3.40. The summed E-state index contributed by atoms with van der Waals surface area (Å²) in [6, 6.07) is 0.520. The Morgan fingerprint density at radius 3 is 2.68 bits per heavy atom. The predicted molar refractivity (Wildman–Crippen MR) is 92.3 cm³/mol. The minimum Gasteiger partial charge on any atom is -0.378 e. The van der Waals surface area contributed by atoms with Crippen LogP contribution in [0.15, 0.2) is 4.52 Å². The Balaban J connectivity index is 1.46. The Kier molecular flexibility index (Phi) is 4.69. The fraction of sp³-hybridized carbons (Fsp3) is 0.778. The summed E-state index contributed by atoms with van der Waals surface area (Å²) in [5, 5.41) is 4.08. The summed E-state index contributed by atoms with van der Waals surface area (Å²) in [5.41, 5.74) is 2.18. The van der Waals surface area contributed by atoms with Crippen molar-refractivity contribution in [2.24, 2.45) is 5.92 Å². The number of morpholine rings is 1. The van der Waals surface area contributed by atoms with Gasteiger partial charge in [-0.2, -0.15) is 0 Å². The molecule has 2 bridgehead atoms. The zero-order valence-electron chi connectivity index (χ0n) is 15.2. The van der Waals surface area contributed by atoms with Crippen LogP contribution in [0.1, 0.15) is 29.9 Å². The van der Waals surface area contributed by atoms with E-state index in [2.05, 4.69) is 15.0 Å². The molecule has 0 unspecified atom stereocenters. The Morgan fingerprint density at radius 2 is 1.96 bits per heavy atom. The van der Waals surface area contributed by atoms with Crippen molar-refractivity contribution < 1.29 is 14.1 Å². The van der Waals surface area contributed by atoms with E-state index in [1.54, 1.807) is 0 Å². The highest BCUT2D eigenvalue weighted by Crippen LogP contribution is 2.30. The first-order valence-corrected chi connectivity index (χ1v) is 9.39. The van der Waals surface area contributed by atoms with Gasteiger partial charge in [-0.1, -0.05) is 5.16 Å². The number of amides is 2. The van der Waals surface area contributed by atoms with Crippen molar-refractivity contribution in [3.05, 3.63) is 17.0 Å². The highest BCUT2D eigenvalue weighted by molar-refractivity contribution is 5.75. The van der Waals surface area contributed by atoms with Crippen LogP contribution in [0.2, 0.25) is 0 Å². The van der Waals surface area contributed by atoms with E-state index < -0.39 is 0 Å². The summed E-state index contributed by atoms with van der Waals surface area (Å²) in [6.07, 6.45) is 2.33. The third-order valence-electron chi connectivity index (χ3n) is 5.88. The second-order valence-electron chi connectivity index (χ2n) is 7.63. The smallest absolute Gasteiger partial charge is 0.320 e. The zero-order chi connectivity index (χ0) is 17.4. The number of aryl methyl sites for hydroxylation is 2. The van der Waals surface area contributed by atoms with Gasteiger partial charge in [-0.3, -0.25) is 4.90 Å². The summed E-state index contributed by atoms with van der Waals surface area (Å²) in [7, 11) is 0. The number of nitrogens with zero attached hydrogens (tertiary/aromatic N) is 4. The number of carbonyl (C=O) groups is 1. The van der Waals surface area contributed by atoms with Gasteiger partial charge in [-0.25, -0.2) is 4.79 Å². The van der Waals surface area contributed by atoms with Gasteiger partial charge in [-0.05, 0) is 32.6 Å². The van der Waals surface area contributed by atoms with Gasteiger partial charge < -0.3 is 19.1 Å². The van der Waals surface area contributed by atoms with Gasteiger partial charge in [0, 0.05) is 50.9 Å². The van der Waals surface area contributed by atoms with E-state index in [-0.39, 0.29) is 6.03 Å². The van der Waals surface area contributed by atoms with Crippen LogP contribution in [-0.4, -0.2) is 77.9 Å². The van der Waals surface area contributed by atoms with Gasteiger partial charge in [-0.15, -0.1) is 0 Å². The molecular weight excluding hydrogens is 320 g/mol. The second kappa shape index (κ2) is 6.96. The second-order valence-corrected chi connectivity index (χ2v) is 7.63. The molecule has 0 radical (unpaired) electrons. The minimum absolute atomic E-state index is 0.206. The topological polar surface area (TPSA) is 62.1 Å².